The van der Waals surface area contributed by atoms with E-state index in [1.165, 1.54) is 27.6 Å². The van der Waals surface area contributed by atoms with Crippen molar-refractivity contribution in [3.05, 3.63) is 97.4 Å². The van der Waals surface area contributed by atoms with E-state index in [9.17, 15) is 19.5 Å². The summed E-state index contributed by atoms with van der Waals surface area (Å²) in [6, 6.07) is 18.1. The molecule has 3 aromatic heterocycles. The predicted octanol–water partition coefficient (Wildman–Crippen LogP) is 1.47. The first-order chi connectivity index (χ1) is 15.4. The van der Waals surface area contributed by atoms with E-state index in [2.05, 4.69) is 4.98 Å². The minimum Gasteiger partial charge on any atom is -0.494 e. The number of fused-ring (bicyclic) bond motifs is 3. The maximum absolute atomic E-state index is 13.6. The van der Waals surface area contributed by atoms with Crippen LogP contribution >= 0.6 is 0 Å². The summed E-state index contributed by atoms with van der Waals surface area (Å²) in [4.78, 5) is 43.5. The van der Waals surface area contributed by atoms with E-state index in [1.54, 1.807) is 30.3 Å². The van der Waals surface area contributed by atoms with Gasteiger partial charge in [-0.15, -0.1) is 0 Å². The molecule has 3 heterocycles. The van der Waals surface area contributed by atoms with Crippen molar-refractivity contribution in [3.8, 4) is 17.0 Å². The van der Waals surface area contributed by atoms with Crippen LogP contribution in [0.25, 0.3) is 28.1 Å². The standard InChI is InChI=1S/C23H19N5O4/c1-25-18-17(21(31)26(2)23(25)32)28-20(30)16(15-11-7-4-8-12-15)19(29)27(22(28)24-18)13-14-9-5-3-6-10-14/h3-12,29H,13H2,1-2H3. The van der Waals surface area contributed by atoms with Gasteiger partial charge in [0.15, 0.2) is 11.2 Å². The quantitative estimate of drug-likeness (QED) is 0.468. The number of nitrogens with zero attached hydrogens (tertiary/aromatic N) is 5. The molecule has 0 aliphatic heterocycles. The van der Waals surface area contributed by atoms with Gasteiger partial charge in [0.1, 0.15) is 5.56 Å². The van der Waals surface area contributed by atoms with Crippen LogP contribution in [0.4, 0.5) is 0 Å². The Morgan fingerprint density at radius 1 is 0.844 bits per heavy atom. The van der Waals surface area contributed by atoms with Crippen molar-refractivity contribution < 1.29 is 5.11 Å². The van der Waals surface area contributed by atoms with Crippen molar-refractivity contribution in [2.24, 2.45) is 14.1 Å². The molecule has 0 saturated heterocycles. The average molecular weight is 429 g/mol. The fourth-order valence-electron chi connectivity index (χ4n) is 3.96. The highest BCUT2D eigenvalue weighted by atomic mass is 16.3. The third kappa shape index (κ3) is 2.71. The highest BCUT2D eigenvalue weighted by molar-refractivity contribution is 5.78. The molecule has 160 valence electrons. The van der Waals surface area contributed by atoms with Gasteiger partial charge in [-0.25, -0.2) is 9.20 Å². The Labute approximate surface area is 180 Å². The Morgan fingerprint density at radius 3 is 2.12 bits per heavy atom. The molecular formula is C23H19N5O4. The number of benzene rings is 2. The summed E-state index contributed by atoms with van der Waals surface area (Å²) in [5.74, 6) is -0.195. The van der Waals surface area contributed by atoms with Gasteiger partial charge in [0.25, 0.3) is 11.1 Å². The number of aromatic hydroxyl groups is 1. The largest absolute Gasteiger partial charge is 0.494 e. The summed E-state index contributed by atoms with van der Waals surface area (Å²) in [5, 5.41) is 11.2. The topological polar surface area (TPSA) is 104 Å². The van der Waals surface area contributed by atoms with E-state index in [1.807, 2.05) is 30.3 Å². The molecule has 5 aromatic rings. The van der Waals surface area contributed by atoms with Crippen LogP contribution in [0.1, 0.15) is 5.56 Å². The Hall–Kier alpha value is -4.40. The van der Waals surface area contributed by atoms with Gasteiger partial charge in [0.2, 0.25) is 11.7 Å². The highest BCUT2D eigenvalue weighted by Gasteiger charge is 2.24. The third-order valence-electron chi connectivity index (χ3n) is 5.62. The zero-order chi connectivity index (χ0) is 22.6. The molecule has 0 aliphatic rings. The first-order valence-corrected chi connectivity index (χ1v) is 9.93. The number of hydrogen-bond acceptors (Lipinski definition) is 5. The van der Waals surface area contributed by atoms with Gasteiger partial charge < -0.3 is 5.11 Å². The van der Waals surface area contributed by atoms with Crippen LogP contribution in [-0.2, 0) is 20.6 Å². The van der Waals surface area contributed by atoms with Crippen molar-refractivity contribution >= 4 is 16.9 Å². The number of imidazole rings is 1. The van der Waals surface area contributed by atoms with Gasteiger partial charge in [0, 0.05) is 14.1 Å². The molecule has 0 amide bonds. The minimum atomic E-state index is -0.635. The maximum atomic E-state index is 13.6. The van der Waals surface area contributed by atoms with Crippen LogP contribution in [0.2, 0.25) is 0 Å². The van der Waals surface area contributed by atoms with Gasteiger partial charge in [-0.1, -0.05) is 60.7 Å². The lowest BCUT2D eigenvalue weighted by Gasteiger charge is -2.15. The molecule has 0 atom stereocenters. The van der Waals surface area contributed by atoms with E-state index in [0.717, 1.165) is 10.1 Å². The van der Waals surface area contributed by atoms with E-state index >= 15 is 0 Å². The highest BCUT2D eigenvalue weighted by Crippen LogP contribution is 2.28. The summed E-state index contributed by atoms with van der Waals surface area (Å²) in [7, 11) is 2.84. The molecule has 0 unspecified atom stereocenters. The molecule has 9 nitrogen and oxygen atoms in total. The summed E-state index contributed by atoms with van der Waals surface area (Å²) < 4.78 is 4.81. The zero-order valence-electron chi connectivity index (χ0n) is 17.4. The Kier molecular flexibility index (Phi) is 4.33. The molecule has 9 heteroatoms. The van der Waals surface area contributed by atoms with Crippen LogP contribution in [0.5, 0.6) is 5.88 Å². The van der Waals surface area contributed by atoms with Crippen LogP contribution < -0.4 is 16.8 Å². The lowest BCUT2D eigenvalue weighted by molar-refractivity contribution is 0.422. The van der Waals surface area contributed by atoms with Crippen LogP contribution in [-0.4, -0.2) is 28.2 Å². The van der Waals surface area contributed by atoms with Crippen LogP contribution in [0.3, 0.4) is 0 Å². The Balaban J connectivity index is 2.01. The molecule has 32 heavy (non-hydrogen) atoms. The summed E-state index contributed by atoms with van der Waals surface area (Å²) in [6.45, 7) is 0.202. The van der Waals surface area contributed by atoms with E-state index < -0.39 is 16.8 Å². The van der Waals surface area contributed by atoms with Gasteiger partial charge >= 0.3 is 5.69 Å². The van der Waals surface area contributed by atoms with Crippen molar-refractivity contribution in [1.29, 1.82) is 0 Å². The Morgan fingerprint density at radius 2 is 1.47 bits per heavy atom. The first-order valence-electron chi connectivity index (χ1n) is 9.93. The van der Waals surface area contributed by atoms with Crippen molar-refractivity contribution in [1.82, 2.24) is 23.1 Å². The van der Waals surface area contributed by atoms with Crippen molar-refractivity contribution in [2.45, 2.75) is 6.54 Å². The number of rotatable bonds is 3. The lowest BCUT2D eigenvalue weighted by Crippen LogP contribution is -2.38. The maximum Gasteiger partial charge on any atom is 0.332 e. The molecule has 0 fully saturated rings. The fraction of sp³-hybridized carbons (Fsp3) is 0.130. The van der Waals surface area contributed by atoms with Crippen LogP contribution in [0, 0.1) is 0 Å². The second-order valence-electron chi connectivity index (χ2n) is 7.57. The second-order valence-corrected chi connectivity index (χ2v) is 7.57. The summed E-state index contributed by atoms with van der Waals surface area (Å²) in [6.07, 6.45) is 0. The molecule has 0 bridgehead atoms. The van der Waals surface area contributed by atoms with Gasteiger partial charge in [-0.05, 0) is 11.1 Å². The average Bonchev–Trinajstić information content (AvgIpc) is 3.22. The molecule has 0 radical (unpaired) electrons. The smallest absolute Gasteiger partial charge is 0.332 e. The second kappa shape index (κ2) is 7.09. The van der Waals surface area contributed by atoms with Gasteiger partial charge in [0.05, 0.1) is 6.54 Å². The van der Waals surface area contributed by atoms with Gasteiger partial charge in [-0.2, -0.15) is 4.98 Å². The molecular weight excluding hydrogens is 410 g/mol. The molecule has 0 saturated carbocycles. The lowest BCUT2D eigenvalue weighted by atomic mass is 10.1. The van der Waals surface area contributed by atoms with E-state index in [4.69, 9.17) is 0 Å². The van der Waals surface area contributed by atoms with Crippen LogP contribution in [0.15, 0.2) is 75.0 Å². The molecule has 1 N–H and O–H groups in total. The minimum absolute atomic E-state index is 0.0198. The number of aromatic nitrogens is 5. The zero-order valence-corrected chi connectivity index (χ0v) is 17.4. The summed E-state index contributed by atoms with van der Waals surface area (Å²) >= 11 is 0. The van der Waals surface area contributed by atoms with E-state index in [0.29, 0.717) is 5.56 Å². The molecule has 0 spiro atoms. The molecule has 0 aliphatic carbocycles. The van der Waals surface area contributed by atoms with Crippen molar-refractivity contribution in [3.63, 3.8) is 0 Å². The third-order valence-corrected chi connectivity index (χ3v) is 5.62. The predicted molar refractivity (Wildman–Crippen MR) is 120 cm³/mol. The SMILES string of the molecule is Cn1c(=O)c2c(nc3n(Cc4ccccc4)c(O)c(-c4ccccc4)c(=O)n23)n(C)c1=O. The summed E-state index contributed by atoms with van der Waals surface area (Å²) in [5.41, 5.74) is -0.321. The van der Waals surface area contributed by atoms with Crippen molar-refractivity contribution in [2.75, 3.05) is 0 Å². The Bertz CT molecular complexity index is 1680. The number of aryl methyl sites for hydroxylation is 1. The first kappa shape index (κ1) is 19.6. The normalized spacial score (nSPS) is 11.4. The number of hydrogen-bond donors (Lipinski definition) is 1. The fourth-order valence-corrected chi connectivity index (χ4v) is 3.96. The molecule has 5 rings (SSSR count). The van der Waals surface area contributed by atoms with E-state index in [-0.39, 0.29) is 34.9 Å². The molecule has 2 aromatic carbocycles. The van der Waals surface area contributed by atoms with Gasteiger partial charge in [-0.3, -0.25) is 23.3 Å². The monoisotopic (exact) mass is 429 g/mol.